The molecule has 534 valence electrons. The second kappa shape index (κ2) is 31.6. The van der Waals surface area contributed by atoms with Gasteiger partial charge in [-0.05, 0) is 177 Å². The number of thiocarbonyl (C=S) groups is 3. The van der Waals surface area contributed by atoms with Gasteiger partial charge in [-0.1, -0.05) is 182 Å². The van der Waals surface area contributed by atoms with Gasteiger partial charge in [0.2, 0.25) is 0 Å². The molecule has 0 amide bonds. The van der Waals surface area contributed by atoms with Crippen LogP contribution in [-0.4, -0.2) is 102 Å². The van der Waals surface area contributed by atoms with E-state index in [1.165, 1.54) is 41.5 Å². The Kier molecular flexibility index (Phi) is 27.0. The Morgan fingerprint density at radius 2 is 0.531 bits per heavy atom. The summed E-state index contributed by atoms with van der Waals surface area (Å²) in [6.45, 7) is 41.5. The lowest BCUT2D eigenvalue weighted by molar-refractivity contribution is -0.159. The summed E-state index contributed by atoms with van der Waals surface area (Å²) >= 11 is 16.2. The molecule has 4 rings (SSSR count). The van der Waals surface area contributed by atoms with Crippen molar-refractivity contribution >= 4 is 69.7 Å². The van der Waals surface area contributed by atoms with Crippen molar-refractivity contribution in [2.45, 2.75) is 273 Å². The van der Waals surface area contributed by atoms with Crippen molar-refractivity contribution in [3.63, 3.8) is 0 Å². The van der Waals surface area contributed by atoms with Crippen LogP contribution in [0.15, 0.2) is 50.8 Å². The zero-order chi connectivity index (χ0) is 73.4. The molecule has 0 aliphatic carbocycles. The van der Waals surface area contributed by atoms with Gasteiger partial charge in [0, 0.05) is 20.8 Å². The summed E-state index contributed by atoms with van der Waals surface area (Å²) in [5.41, 5.74) is -7.67. The summed E-state index contributed by atoms with van der Waals surface area (Å²) in [5.74, 6) is -2.88. The van der Waals surface area contributed by atoms with Gasteiger partial charge in [-0.15, -0.1) is 0 Å². The third-order valence-corrected chi connectivity index (χ3v) is 18.1. The van der Waals surface area contributed by atoms with Gasteiger partial charge in [0.05, 0.1) is 19.8 Å². The van der Waals surface area contributed by atoms with Crippen molar-refractivity contribution in [3.8, 4) is 17.2 Å². The van der Waals surface area contributed by atoms with E-state index in [-0.39, 0.29) is 71.5 Å². The average molecular weight is 1390 g/mol. The number of esters is 3. The molecule has 0 fully saturated rings. The largest absolute Gasteiger partial charge is 0.507 e. The second-order valence-electron chi connectivity index (χ2n) is 31.7. The fourth-order valence-electron chi connectivity index (χ4n) is 11.8. The molecular formula is C75H111N3O15S3. The molecule has 0 radical (unpaired) electrons. The zero-order valence-corrected chi connectivity index (χ0v) is 64.3. The molecule has 0 saturated carbocycles. The standard InChI is InChI=1S/C75H111N3O15S3/c1-25-73(43-91-46(4)94,61(82)88-34-28-31-49-37-52(67(7,8)9)58(79)53(38-49)68(10,11)12)76-64(85)77(74(26-2,44-92-47(5)95)62(83)89-35-29-32-50-39-54(69(13,14)15)59(80)55(40-50)70(16,17)18)66(87)78(65(76)86)75(27-3,45-93-48(6)96)63(84)90-36-30-33-51-41-56(71(19,20)21)60(81)57(42-51)72(22,23)24/h37-42,79-81H,25-36,43-45H2,1-24H3. The van der Waals surface area contributed by atoms with Crippen LogP contribution in [0, 0.1) is 0 Å². The van der Waals surface area contributed by atoms with E-state index in [2.05, 4.69) is 0 Å². The van der Waals surface area contributed by atoms with Crippen molar-refractivity contribution in [2.75, 3.05) is 39.6 Å². The number of phenolic OH excluding ortho intramolecular Hbond substituents is 3. The van der Waals surface area contributed by atoms with Crippen LogP contribution >= 0.6 is 36.7 Å². The third-order valence-electron chi connectivity index (χ3n) is 17.8. The summed E-state index contributed by atoms with van der Waals surface area (Å²) < 4.78 is 37.8. The Labute approximate surface area is 586 Å². The van der Waals surface area contributed by atoms with E-state index >= 15 is 28.8 Å². The first-order valence-electron chi connectivity index (χ1n) is 33.5. The SMILES string of the molecule is CCC(COC(C)=S)(C(=O)OCCCc1cc(C(C)(C)C)c(O)c(C(C)(C)C)c1)n1c(=O)n(C(CC)(COC(C)=S)C(=O)OCCCc2cc(C(C)(C)C)c(O)c(C(C)(C)C)c2)c(=O)n(C(CC)(COC(C)=S)C(=O)OCCCc2cc(C(C)(C)C)c(O)c(C(C)(C)C)c2)c1=O. The van der Waals surface area contributed by atoms with Crippen molar-refractivity contribution in [1.82, 2.24) is 13.7 Å². The highest BCUT2D eigenvalue weighted by molar-refractivity contribution is 7.80. The van der Waals surface area contributed by atoms with Gasteiger partial charge < -0.3 is 43.7 Å². The Hall–Kier alpha value is -6.45. The van der Waals surface area contributed by atoms with Crippen molar-refractivity contribution in [1.29, 1.82) is 0 Å². The number of ether oxygens (including phenoxy) is 6. The average Bonchev–Trinajstić information content (AvgIpc) is 0.708. The highest BCUT2D eigenvalue weighted by atomic mass is 32.1. The summed E-state index contributed by atoms with van der Waals surface area (Å²) in [5, 5.41) is 34.2. The molecule has 0 aliphatic rings. The van der Waals surface area contributed by atoms with E-state index in [9.17, 15) is 15.3 Å². The quantitative estimate of drug-likeness (QED) is 0.0218. The number of phenols is 3. The molecule has 3 N–H and O–H groups in total. The molecule has 96 heavy (non-hydrogen) atoms. The Morgan fingerprint density at radius 1 is 0.354 bits per heavy atom. The second-order valence-corrected chi connectivity index (χ2v) is 33.4. The van der Waals surface area contributed by atoms with Gasteiger partial charge in [0.15, 0.2) is 31.8 Å². The molecule has 4 aromatic rings. The fraction of sp³-hybridized carbons (Fsp3) is 0.640. The molecule has 21 heteroatoms. The van der Waals surface area contributed by atoms with Gasteiger partial charge in [-0.25, -0.2) is 42.5 Å². The Bertz CT molecular complexity index is 3190. The maximum Gasteiger partial charge on any atom is 0.338 e. The van der Waals surface area contributed by atoms with E-state index in [1.807, 2.05) is 161 Å². The van der Waals surface area contributed by atoms with Crippen LogP contribution in [0.2, 0.25) is 0 Å². The van der Waals surface area contributed by atoms with Crippen molar-refractivity contribution in [3.05, 3.63) is 118 Å². The number of rotatable bonds is 27. The molecule has 1 aromatic heterocycles. The number of benzene rings is 3. The molecule has 18 nitrogen and oxygen atoms in total. The van der Waals surface area contributed by atoms with Crippen LogP contribution in [0.25, 0.3) is 0 Å². The Balaban J connectivity index is 2.10. The van der Waals surface area contributed by atoms with Gasteiger partial charge in [-0.3, -0.25) is 0 Å². The van der Waals surface area contributed by atoms with E-state index in [0.717, 1.165) is 50.1 Å². The summed E-state index contributed by atoms with van der Waals surface area (Å²) in [4.78, 5) is 95.5. The summed E-state index contributed by atoms with van der Waals surface area (Å²) in [7, 11) is 0. The zero-order valence-electron chi connectivity index (χ0n) is 61.9. The lowest BCUT2D eigenvalue weighted by Crippen LogP contribution is -2.72. The number of aryl methyl sites for hydroxylation is 3. The predicted molar refractivity (Wildman–Crippen MR) is 391 cm³/mol. The van der Waals surface area contributed by atoms with Gasteiger partial charge in [0.25, 0.3) is 0 Å². The lowest BCUT2D eigenvalue weighted by atomic mass is 9.78. The predicted octanol–water partition coefficient (Wildman–Crippen LogP) is 14.0. The highest BCUT2D eigenvalue weighted by Crippen LogP contribution is 2.43. The van der Waals surface area contributed by atoms with E-state index in [1.54, 1.807) is 0 Å². The number of carbonyl (C=O) groups excluding carboxylic acids is 3. The molecule has 3 atom stereocenters. The van der Waals surface area contributed by atoms with Gasteiger partial charge in [-0.2, -0.15) is 0 Å². The number of hydrogen-bond acceptors (Lipinski definition) is 18. The number of carbonyl (C=O) groups is 3. The van der Waals surface area contributed by atoms with Crippen LogP contribution in [0.4, 0.5) is 0 Å². The number of nitrogens with zero attached hydrogens (tertiary/aromatic N) is 3. The minimum atomic E-state index is -2.51. The summed E-state index contributed by atoms with van der Waals surface area (Å²) in [6, 6.07) is 11.5. The van der Waals surface area contributed by atoms with E-state index < -0.39 is 123 Å². The fourth-order valence-corrected chi connectivity index (χ4v) is 12.0. The minimum Gasteiger partial charge on any atom is -0.507 e. The Morgan fingerprint density at radius 3 is 0.677 bits per heavy atom. The van der Waals surface area contributed by atoms with Crippen LogP contribution < -0.4 is 17.1 Å². The van der Waals surface area contributed by atoms with Gasteiger partial charge >= 0.3 is 35.0 Å². The molecule has 0 aliphatic heterocycles. The minimum absolute atomic E-state index is 0.0974. The van der Waals surface area contributed by atoms with Crippen LogP contribution in [0.3, 0.4) is 0 Å². The molecule has 1 heterocycles. The maximum absolute atomic E-state index is 16.3. The first-order valence-corrected chi connectivity index (χ1v) is 34.7. The first kappa shape index (κ1) is 82.0. The van der Waals surface area contributed by atoms with Gasteiger partial charge in [0.1, 0.15) is 37.1 Å². The van der Waals surface area contributed by atoms with Crippen molar-refractivity contribution in [2.24, 2.45) is 0 Å². The van der Waals surface area contributed by atoms with Crippen LogP contribution in [-0.2, 0) is 111 Å². The number of hydrogen-bond donors (Lipinski definition) is 3. The van der Waals surface area contributed by atoms with Crippen molar-refractivity contribution < 1.29 is 58.1 Å². The van der Waals surface area contributed by atoms with Crippen LogP contribution in [0.5, 0.6) is 17.2 Å². The topological polar surface area (TPSA) is 233 Å². The lowest BCUT2D eigenvalue weighted by Gasteiger charge is -2.38. The first-order chi connectivity index (χ1) is 43.9. The highest BCUT2D eigenvalue weighted by Gasteiger charge is 2.54. The molecule has 3 aromatic carbocycles. The molecule has 0 bridgehead atoms. The number of aromatic hydroxyl groups is 3. The van der Waals surface area contributed by atoms with E-state index in [0.29, 0.717) is 33.0 Å². The normalized spacial score (nSPS) is 14.4. The number of aromatic nitrogens is 3. The van der Waals surface area contributed by atoms with Crippen LogP contribution in [0.1, 0.15) is 255 Å². The molecule has 0 saturated heterocycles. The monoisotopic (exact) mass is 1390 g/mol. The molecule has 0 spiro atoms. The van der Waals surface area contributed by atoms with E-state index in [4.69, 9.17) is 65.1 Å². The molecular weight excluding hydrogens is 1280 g/mol. The maximum atomic E-state index is 16.3. The third kappa shape index (κ3) is 19.0. The smallest absolute Gasteiger partial charge is 0.338 e. The molecule has 3 unspecified atom stereocenters. The summed E-state index contributed by atoms with van der Waals surface area (Å²) in [6.07, 6.45) is 0.454.